The van der Waals surface area contributed by atoms with Crippen molar-refractivity contribution in [3.8, 4) is 0 Å². The van der Waals surface area contributed by atoms with Gasteiger partial charge in [0.25, 0.3) is 5.91 Å². The van der Waals surface area contributed by atoms with Gasteiger partial charge in [-0.05, 0) is 12.1 Å². The molecule has 0 radical (unpaired) electrons. The summed E-state index contributed by atoms with van der Waals surface area (Å²) in [6.45, 7) is 4.05. The number of ether oxygens (including phenoxy) is 1. The van der Waals surface area contributed by atoms with Crippen LogP contribution in [0.5, 0.6) is 0 Å². The SMILES string of the molecule is CN(CC(=O)NCC1(C)COC1)C(=O)c1ccccc1. The summed E-state index contributed by atoms with van der Waals surface area (Å²) < 4.78 is 5.13. The van der Waals surface area contributed by atoms with E-state index in [2.05, 4.69) is 12.2 Å². The first-order valence-electron chi connectivity index (χ1n) is 6.65. The van der Waals surface area contributed by atoms with Crippen LogP contribution >= 0.6 is 0 Å². The third-order valence-corrected chi connectivity index (χ3v) is 3.36. The fourth-order valence-corrected chi connectivity index (χ4v) is 2.01. The number of likely N-dealkylation sites (N-methyl/N-ethyl adjacent to an activating group) is 1. The van der Waals surface area contributed by atoms with E-state index in [0.29, 0.717) is 25.3 Å². The van der Waals surface area contributed by atoms with Crippen LogP contribution in [0.3, 0.4) is 0 Å². The lowest BCUT2D eigenvalue weighted by molar-refractivity contribution is -0.127. The number of hydrogen-bond donors (Lipinski definition) is 1. The molecule has 1 aliphatic heterocycles. The molecule has 1 aromatic carbocycles. The van der Waals surface area contributed by atoms with Gasteiger partial charge in [-0.2, -0.15) is 0 Å². The average molecular weight is 276 g/mol. The Morgan fingerprint density at radius 2 is 1.95 bits per heavy atom. The maximum absolute atomic E-state index is 12.1. The van der Waals surface area contributed by atoms with Gasteiger partial charge in [-0.1, -0.05) is 25.1 Å². The van der Waals surface area contributed by atoms with Crippen LogP contribution in [-0.4, -0.2) is 50.1 Å². The van der Waals surface area contributed by atoms with Crippen molar-refractivity contribution in [1.82, 2.24) is 10.2 Å². The Morgan fingerprint density at radius 3 is 2.50 bits per heavy atom. The highest BCUT2D eigenvalue weighted by molar-refractivity contribution is 5.96. The minimum Gasteiger partial charge on any atom is -0.380 e. The number of amides is 2. The Balaban J connectivity index is 1.80. The molecule has 1 aliphatic rings. The van der Waals surface area contributed by atoms with Gasteiger partial charge < -0.3 is 15.0 Å². The third-order valence-electron chi connectivity index (χ3n) is 3.36. The fourth-order valence-electron chi connectivity index (χ4n) is 2.01. The Kier molecular flexibility index (Phi) is 4.39. The zero-order valence-electron chi connectivity index (χ0n) is 11.9. The summed E-state index contributed by atoms with van der Waals surface area (Å²) in [6.07, 6.45) is 0. The lowest BCUT2D eigenvalue weighted by atomic mass is 9.89. The molecule has 0 bridgehead atoms. The largest absolute Gasteiger partial charge is 0.380 e. The summed E-state index contributed by atoms with van der Waals surface area (Å²) in [7, 11) is 1.63. The van der Waals surface area contributed by atoms with Crippen LogP contribution in [0.2, 0.25) is 0 Å². The zero-order valence-corrected chi connectivity index (χ0v) is 11.9. The van der Waals surface area contributed by atoms with Crippen LogP contribution in [0.25, 0.3) is 0 Å². The first-order chi connectivity index (χ1) is 9.50. The molecule has 108 valence electrons. The van der Waals surface area contributed by atoms with E-state index in [4.69, 9.17) is 4.74 Å². The van der Waals surface area contributed by atoms with Gasteiger partial charge >= 0.3 is 0 Å². The van der Waals surface area contributed by atoms with Crippen LogP contribution in [-0.2, 0) is 9.53 Å². The lowest BCUT2D eigenvalue weighted by Crippen LogP contribution is -2.50. The first kappa shape index (κ1) is 14.5. The lowest BCUT2D eigenvalue weighted by Gasteiger charge is -2.38. The van der Waals surface area contributed by atoms with E-state index in [1.807, 2.05) is 6.07 Å². The standard InChI is InChI=1S/C15H20N2O3/c1-15(10-20-11-15)9-16-13(18)8-17(2)14(19)12-6-4-3-5-7-12/h3-7H,8-11H2,1-2H3,(H,16,18). The second-order valence-electron chi connectivity index (χ2n) is 5.61. The predicted octanol–water partition coefficient (Wildman–Crippen LogP) is 0.911. The zero-order chi connectivity index (χ0) is 14.6. The van der Waals surface area contributed by atoms with Crippen molar-refractivity contribution in [3.63, 3.8) is 0 Å². The average Bonchev–Trinajstić information content (AvgIpc) is 2.43. The molecule has 1 saturated heterocycles. The molecule has 2 amide bonds. The van der Waals surface area contributed by atoms with Crippen LogP contribution in [0.15, 0.2) is 30.3 Å². The van der Waals surface area contributed by atoms with E-state index >= 15 is 0 Å². The number of nitrogens with zero attached hydrogens (tertiary/aromatic N) is 1. The van der Waals surface area contributed by atoms with E-state index in [1.54, 1.807) is 31.3 Å². The highest BCUT2D eigenvalue weighted by Gasteiger charge is 2.33. The van der Waals surface area contributed by atoms with E-state index in [0.717, 1.165) is 0 Å². The van der Waals surface area contributed by atoms with Gasteiger partial charge in [-0.25, -0.2) is 0 Å². The van der Waals surface area contributed by atoms with Crippen LogP contribution in [0.4, 0.5) is 0 Å². The summed E-state index contributed by atoms with van der Waals surface area (Å²) in [6, 6.07) is 8.94. The molecule has 1 heterocycles. The van der Waals surface area contributed by atoms with Gasteiger partial charge in [-0.3, -0.25) is 9.59 Å². The maximum atomic E-state index is 12.1. The Bertz CT molecular complexity index is 483. The normalized spacial score (nSPS) is 16.1. The van der Waals surface area contributed by atoms with Gasteiger partial charge in [0.1, 0.15) is 0 Å². The molecule has 5 heteroatoms. The van der Waals surface area contributed by atoms with Crippen molar-refractivity contribution in [3.05, 3.63) is 35.9 Å². The summed E-state index contributed by atoms with van der Waals surface area (Å²) in [5.74, 6) is -0.302. The van der Waals surface area contributed by atoms with Crippen molar-refractivity contribution in [1.29, 1.82) is 0 Å². The number of benzene rings is 1. The van der Waals surface area contributed by atoms with Crippen LogP contribution in [0.1, 0.15) is 17.3 Å². The highest BCUT2D eigenvalue weighted by atomic mass is 16.5. The first-order valence-corrected chi connectivity index (χ1v) is 6.65. The molecule has 0 unspecified atom stereocenters. The van der Waals surface area contributed by atoms with Crippen molar-refractivity contribution in [2.75, 3.05) is 33.4 Å². The second-order valence-corrected chi connectivity index (χ2v) is 5.61. The molecule has 1 N–H and O–H groups in total. The monoisotopic (exact) mass is 276 g/mol. The molecule has 0 atom stereocenters. The molecule has 0 saturated carbocycles. The third kappa shape index (κ3) is 3.57. The number of carbonyl (C=O) groups is 2. The molecule has 5 nitrogen and oxygen atoms in total. The Labute approximate surface area is 118 Å². The molecule has 1 fully saturated rings. The van der Waals surface area contributed by atoms with Crippen molar-refractivity contribution in [2.45, 2.75) is 6.92 Å². The molecule has 2 rings (SSSR count). The molecule has 0 aromatic heterocycles. The van der Waals surface area contributed by atoms with E-state index in [1.165, 1.54) is 4.90 Å². The van der Waals surface area contributed by atoms with Gasteiger partial charge in [0, 0.05) is 24.6 Å². The number of nitrogens with one attached hydrogen (secondary N) is 1. The van der Waals surface area contributed by atoms with Gasteiger partial charge in [0.05, 0.1) is 19.8 Å². The topological polar surface area (TPSA) is 58.6 Å². The van der Waals surface area contributed by atoms with Crippen LogP contribution in [0, 0.1) is 5.41 Å². The smallest absolute Gasteiger partial charge is 0.254 e. The Hall–Kier alpha value is -1.88. The summed E-state index contributed by atoms with van der Waals surface area (Å²) in [5, 5.41) is 2.85. The van der Waals surface area contributed by atoms with E-state index < -0.39 is 0 Å². The molecular formula is C15H20N2O3. The number of carbonyl (C=O) groups excluding carboxylic acids is 2. The second kappa shape index (κ2) is 6.05. The molecular weight excluding hydrogens is 256 g/mol. The quantitative estimate of drug-likeness (QED) is 0.869. The van der Waals surface area contributed by atoms with Crippen molar-refractivity contribution >= 4 is 11.8 Å². The molecule has 1 aromatic rings. The minimum absolute atomic E-state index is 0.0394. The van der Waals surface area contributed by atoms with E-state index in [9.17, 15) is 9.59 Å². The van der Waals surface area contributed by atoms with Gasteiger partial charge in [0.15, 0.2) is 0 Å². The number of rotatable bonds is 5. The highest BCUT2D eigenvalue weighted by Crippen LogP contribution is 2.24. The van der Waals surface area contributed by atoms with Gasteiger partial charge in [0.2, 0.25) is 5.91 Å². The summed E-state index contributed by atoms with van der Waals surface area (Å²) in [5.41, 5.74) is 0.625. The molecule has 0 spiro atoms. The van der Waals surface area contributed by atoms with E-state index in [-0.39, 0.29) is 23.8 Å². The maximum Gasteiger partial charge on any atom is 0.254 e. The van der Waals surface area contributed by atoms with Crippen LogP contribution < -0.4 is 5.32 Å². The van der Waals surface area contributed by atoms with Gasteiger partial charge in [-0.15, -0.1) is 0 Å². The number of hydrogen-bond acceptors (Lipinski definition) is 3. The van der Waals surface area contributed by atoms with Crippen molar-refractivity contribution in [2.24, 2.45) is 5.41 Å². The molecule has 0 aliphatic carbocycles. The summed E-state index contributed by atoms with van der Waals surface area (Å²) in [4.78, 5) is 25.3. The Morgan fingerprint density at radius 1 is 1.30 bits per heavy atom. The predicted molar refractivity (Wildman–Crippen MR) is 75.3 cm³/mol. The fraction of sp³-hybridized carbons (Fsp3) is 0.467. The minimum atomic E-state index is -0.154. The summed E-state index contributed by atoms with van der Waals surface area (Å²) >= 11 is 0. The van der Waals surface area contributed by atoms with Crippen molar-refractivity contribution < 1.29 is 14.3 Å². The molecule has 20 heavy (non-hydrogen) atoms.